The predicted molar refractivity (Wildman–Crippen MR) is 73.6 cm³/mol. The molecule has 0 saturated carbocycles. The highest BCUT2D eigenvalue weighted by Gasteiger charge is 2.11. The predicted octanol–water partition coefficient (Wildman–Crippen LogP) is 3.28. The second-order valence-corrected chi connectivity index (χ2v) is 5.14. The Morgan fingerprint density at radius 1 is 1.53 bits per heavy atom. The van der Waals surface area contributed by atoms with Crippen LogP contribution >= 0.6 is 34.2 Å². The van der Waals surface area contributed by atoms with Gasteiger partial charge in [-0.15, -0.1) is 0 Å². The van der Waals surface area contributed by atoms with Crippen molar-refractivity contribution < 1.29 is 0 Å². The molecule has 0 amide bonds. The zero-order chi connectivity index (χ0) is 11.3. The zero-order valence-electron chi connectivity index (χ0n) is 9.00. The van der Waals surface area contributed by atoms with E-state index in [1.54, 1.807) is 12.4 Å². The molecule has 15 heavy (non-hydrogen) atoms. The Hall–Kier alpha value is 0.130. The molecule has 1 aromatic rings. The minimum atomic E-state index is 0.537. The molecule has 1 unspecified atom stereocenters. The molecule has 1 aromatic heterocycles. The Balaban J connectivity index is 2.53. The van der Waals surface area contributed by atoms with Crippen molar-refractivity contribution in [3.05, 3.63) is 29.0 Å². The van der Waals surface area contributed by atoms with Crippen LogP contribution in [0.1, 0.15) is 19.4 Å². The van der Waals surface area contributed by atoms with Crippen molar-refractivity contribution in [3.63, 3.8) is 0 Å². The van der Waals surface area contributed by atoms with Gasteiger partial charge >= 0.3 is 0 Å². The number of pyridine rings is 1. The Morgan fingerprint density at radius 3 is 2.80 bits per heavy atom. The van der Waals surface area contributed by atoms with E-state index in [4.69, 9.17) is 11.6 Å². The molecule has 0 aliphatic heterocycles. The molecule has 0 spiro atoms. The van der Waals surface area contributed by atoms with Crippen LogP contribution in [0, 0.1) is 5.92 Å². The van der Waals surface area contributed by atoms with Crippen molar-refractivity contribution >= 4 is 34.2 Å². The zero-order valence-corrected chi connectivity index (χ0v) is 11.9. The lowest BCUT2D eigenvalue weighted by atomic mass is 10.1. The minimum Gasteiger partial charge on any atom is -0.309 e. The molecule has 4 heteroatoms. The molecule has 0 saturated heterocycles. The summed E-state index contributed by atoms with van der Waals surface area (Å²) in [6.45, 7) is 5.27. The van der Waals surface area contributed by atoms with E-state index in [1.165, 1.54) is 0 Å². The first kappa shape index (κ1) is 13.2. The number of aromatic nitrogens is 1. The maximum absolute atomic E-state index is 6.03. The number of nitrogens with zero attached hydrogens (tertiary/aromatic N) is 1. The van der Waals surface area contributed by atoms with E-state index in [9.17, 15) is 0 Å². The fraction of sp³-hybridized carbons (Fsp3) is 0.545. The van der Waals surface area contributed by atoms with E-state index < -0.39 is 0 Å². The van der Waals surface area contributed by atoms with Crippen molar-refractivity contribution in [2.24, 2.45) is 5.92 Å². The lowest BCUT2D eigenvalue weighted by molar-refractivity contribution is 0.436. The van der Waals surface area contributed by atoms with Crippen LogP contribution in [0.3, 0.4) is 0 Å². The maximum atomic E-state index is 6.03. The number of hydrogen-bond donors (Lipinski definition) is 1. The van der Waals surface area contributed by atoms with E-state index in [2.05, 4.69) is 46.7 Å². The Labute approximate surface area is 110 Å². The summed E-state index contributed by atoms with van der Waals surface area (Å²) in [5.74, 6) is 0.641. The van der Waals surface area contributed by atoms with Gasteiger partial charge in [-0.25, -0.2) is 0 Å². The van der Waals surface area contributed by atoms with Crippen LogP contribution in [0.2, 0.25) is 5.02 Å². The number of nitrogens with one attached hydrogen (secondary N) is 1. The van der Waals surface area contributed by atoms with Crippen molar-refractivity contribution in [1.29, 1.82) is 0 Å². The van der Waals surface area contributed by atoms with Crippen LogP contribution in [-0.4, -0.2) is 15.5 Å². The molecule has 0 aliphatic rings. The number of hydrogen-bond acceptors (Lipinski definition) is 2. The van der Waals surface area contributed by atoms with Gasteiger partial charge in [0.2, 0.25) is 0 Å². The van der Waals surface area contributed by atoms with Gasteiger partial charge in [-0.05, 0) is 17.5 Å². The van der Waals surface area contributed by atoms with Crippen LogP contribution in [0.5, 0.6) is 0 Å². The Morgan fingerprint density at radius 2 is 2.27 bits per heavy atom. The molecular weight excluding hydrogens is 322 g/mol. The van der Waals surface area contributed by atoms with E-state index in [1.807, 2.05) is 6.07 Å². The first-order chi connectivity index (χ1) is 7.15. The summed E-state index contributed by atoms with van der Waals surface area (Å²) < 4.78 is 1.11. The summed E-state index contributed by atoms with van der Waals surface area (Å²) >= 11 is 8.43. The molecule has 2 nitrogen and oxygen atoms in total. The number of halogens is 2. The highest BCUT2D eigenvalue weighted by atomic mass is 127. The summed E-state index contributed by atoms with van der Waals surface area (Å²) in [7, 11) is 0. The topological polar surface area (TPSA) is 24.9 Å². The normalized spacial score (nSPS) is 13.1. The molecule has 1 heterocycles. The molecule has 0 bridgehead atoms. The van der Waals surface area contributed by atoms with Crippen molar-refractivity contribution in [2.45, 2.75) is 26.4 Å². The number of alkyl halides is 1. The average Bonchev–Trinajstić information content (AvgIpc) is 2.21. The van der Waals surface area contributed by atoms with E-state index in [0.29, 0.717) is 12.0 Å². The summed E-state index contributed by atoms with van der Waals surface area (Å²) in [6.07, 6.45) is 3.46. The van der Waals surface area contributed by atoms with Gasteiger partial charge in [0.25, 0.3) is 0 Å². The monoisotopic (exact) mass is 338 g/mol. The minimum absolute atomic E-state index is 0.537. The third-order valence-electron chi connectivity index (χ3n) is 2.38. The van der Waals surface area contributed by atoms with E-state index in [-0.39, 0.29) is 0 Å². The highest BCUT2D eigenvalue weighted by molar-refractivity contribution is 14.1. The maximum Gasteiger partial charge on any atom is 0.0634 e. The van der Waals surface area contributed by atoms with Gasteiger partial charge in [0.05, 0.1) is 5.02 Å². The van der Waals surface area contributed by atoms with Crippen LogP contribution in [0.25, 0.3) is 0 Å². The lowest BCUT2D eigenvalue weighted by Crippen LogP contribution is -2.34. The largest absolute Gasteiger partial charge is 0.309 e. The SMILES string of the molecule is CC(C)C(CI)NCc1ccncc1Cl. The van der Waals surface area contributed by atoms with Crippen molar-refractivity contribution in [1.82, 2.24) is 10.3 Å². The molecule has 84 valence electrons. The summed E-state index contributed by atoms with van der Waals surface area (Å²) in [4.78, 5) is 3.97. The quantitative estimate of drug-likeness (QED) is 0.658. The smallest absolute Gasteiger partial charge is 0.0634 e. The van der Waals surface area contributed by atoms with Crippen LogP contribution < -0.4 is 5.32 Å². The fourth-order valence-corrected chi connectivity index (χ4v) is 2.77. The lowest BCUT2D eigenvalue weighted by Gasteiger charge is -2.20. The van der Waals surface area contributed by atoms with E-state index in [0.717, 1.165) is 21.6 Å². The molecule has 0 aromatic carbocycles. The van der Waals surface area contributed by atoms with Gasteiger partial charge in [0.15, 0.2) is 0 Å². The molecule has 1 rings (SSSR count). The van der Waals surface area contributed by atoms with Gasteiger partial charge in [-0.1, -0.05) is 48.0 Å². The fourth-order valence-electron chi connectivity index (χ4n) is 1.26. The third kappa shape index (κ3) is 4.25. The van der Waals surface area contributed by atoms with E-state index >= 15 is 0 Å². The molecule has 0 aliphatic carbocycles. The molecule has 1 N–H and O–H groups in total. The Bertz CT molecular complexity index is 304. The summed E-state index contributed by atoms with van der Waals surface area (Å²) in [5.41, 5.74) is 1.11. The van der Waals surface area contributed by atoms with Crippen molar-refractivity contribution in [2.75, 3.05) is 4.43 Å². The van der Waals surface area contributed by atoms with Gasteiger partial charge in [0.1, 0.15) is 0 Å². The van der Waals surface area contributed by atoms with Gasteiger partial charge in [-0.2, -0.15) is 0 Å². The Kier molecular flexibility index (Phi) is 5.86. The van der Waals surface area contributed by atoms with Crippen LogP contribution in [-0.2, 0) is 6.54 Å². The van der Waals surface area contributed by atoms with Gasteiger partial charge in [-0.3, -0.25) is 4.98 Å². The van der Waals surface area contributed by atoms with Gasteiger partial charge in [0, 0.05) is 29.4 Å². The van der Waals surface area contributed by atoms with Crippen molar-refractivity contribution in [3.8, 4) is 0 Å². The standard InChI is InChI=1S/C11H16ClIN2/c1-8(2)11(5-13)15-6-9-3-4-14-7-10(9)12/h3-4,7-8,11,15H,5-6H2,1-2H3. The van der Waals surface area contributed by atoms with Gasteiger partial charge < -0.3 is 5.32 Å². The third-order valence-corrected chi connectivity index (χ3v) is 3.67. The highest BCUT2D eigenvalue weighted by Crippen LogP contribution is 2.14. The second kappa shape index (κ2) is 6.66. The molecular formula is C11H16ClIN2. The second-order valence-electron chi connectivity index (χ2n) is 3.85. The van der Waals surface area contributed by atoms with Crippen LogP contribution in [0.4, 0.5) is 0 Å². The molecule has 0 radical (unpaired) electrons. The summed E-state index contributed by atoms with van der Waals surface area (Å²) in [6, 6.07) is 2.50. The average molecular weight is 339 g/mol. The number of rotatable bonds is 5. The first-order valence-electron chi connectivity index (χ1n) is 5.03. The van der Waals surface area contributed by atoms with Crippen LogP contribution in [0.15, 0.2) is 18.5 Å². The first-order valence-corrected chi connectivity index (χ1v) is 6.93. The summed E-state index contributed by atoms with van der Waals surface area (Å²) in [5, 5.41) is 4.24. The molecule has 0 fully saturated rings. The molecule has 1 atom stereocenters.